The van der Waals surface area contributed by atoms with Crippen LogP contribution in [0.1, 0.15) is 32.9 Å². The molecule has 1 aromatic heterocycles. The number of hydrogen-bond donors (Lipinski definition) is 1. The minimum absolute atomic E-state index is 0.0721. The standard InChI is InChI=1S/C23H23F3N4O2/c1-14-20(15(2)30(28-14)19-7-5-6-17(12-19)23(24,25)26)21(31)22(32)27-13-16-8-10-18(11-9-16)29(3)4/h5-12H,13H2,1-4H3,(H,27,32). The Morgan fingerprint density at radius 3 is 2.31 bits per heavy atom. The fraction of sp³-hybridized carbons (Fsp3) is 0.261. The Bertz CT molecular complexity index is 1150. The van der Waals surface area contributed by atoms with E-state index in [0.29, 0.717) is 0 Å². The molecule has 0 saturated carbocycles. The molecule has 0 aliphatic rings. The van der Waals surface area contributed by atoms with Crippen LogP contribution in [0, 0.1) is 13.8 Å². The fourth-order valence-corrected chi connectivity index (χ4v) is 3.32. The molecule has 9 heteroatoms. The zero-order valence-electron chi connectivity index (χ0n) is 18.1. The molecule has 0 atom stereocenters. The number of rotatable bonds is 6. The van der Waals surface area contributed by atoms with Crippen molar-refractivity contribution in [3.05, 3.63) is 76.6 Å². The first-order valence-corrected chi connectivity index (χ1v) is 9.81. The van der Waals surface area contributed by atoms with Gasteiger partial charge >= 0.3 is 6.18 Å². The molecular formula is C23H23F3N4O2. The van der Waals surface area contributed by atoms with Crippen molar-refractivity contribution in [2.75, 3.05) is 19.0 Å². The van der Waals surface area contributed by atoms with E-state index in [1.165, 1.54) is 23.7 Å². The minimum Gasteiger partial charge on any atom is -0.378 e. The molecule has 0 unspecified atom stereocenters. The summed E-state index contributed by atoms with van der Waals surface area (Å²) in [6, 6.07) is 12.1. The van der Waals surface area contributed by atoms with Crippen LogP contribution in [0.5, 0.6) is 0 Å². The van der Waals surface area contributed by atoms with Crippen molar-refractivity contribution in [2.45, 2.75) is 26.6 Å². The highest BCUT2D eigenvalue weighted by Gasteiger charge is 2.31. The number of alkyl halides is 3. The van der Waals surface area contributed by atoms with E-state index < -0.39 is 23.4 Å². The predicted octanol–water partition coefficient (Wildman–Crippen LogP) is 4.07. The third kappa shape index (κ3) is 4.82. The summed E-state index contributed by atoms with van der Waals surface area (Å²) in [4.78, 5) is 27.2. The molecule has 0 saturated heterocycles. The largest absolute Gasteiger partial charge is 0.416 e. The summed E-state index contributed by atoms with van der Waals surface area (Å²) < 4.78 is 40.4. The van der Waals surface area contributed by atoms with Crippen molar-refractivity contribution in [1.29, 1.82) is 0 Å². The molecule has 6 nitrogen and oxygen atoms in total. The number of anilines is 1. The normalized spacial score (nSPS) is 11.3. The van der Waals surface area contributed by atoms with Crippen LogP contribution in [0.3, 0.4) is 0 Å². The molecule has 0 fully saturated rings. The molecule has 0 bridgehead atoms. The molecule has 168 valence electrons. The van der Waals surface area contributed by atoms with Crippen LogP contribution in [0.25, 0.3) is 5.69 Å². The molecule has 3 aromatic rings. The second-order valence-corrected chi connectivity index (χ2v) is 7.58. The number of ketones is 1. The fourth-order valence-electron chi connectivity index (χ4n) is 3.32. The average Bonchev–Trinajstić information content (AvgIpc) is 3.05. The number of hydrogen-bond acceptors (Lipinski definition) is 4. The van der Waals surface area contributed by atoms with E-state index >= 15 is 0 Å². The van der Waals surface area contributed by atoms with Crippen LogP contribution in [-0.2, 0) is 17.5 Å². The maximum absolute atomic E-state index is 13.0. The SMILES string of the molecule is Cc1nn(-c2cccc(C(F)(F)F)c2)c(C)c1C(=O)C(=O)NCc1ccc(N(C)C)cc1. The van der Waals surface area contributed by atoms with Gasteiger partial charge in [-0.05, 0) is 49.7 Å². The van der Waals surface area contributed by atoms with Crippen molar-refractivity contribution in [2.24, 2.45) is 0 Å². The van der Waals surface area contributed by atoms with Gasteiger partial charge in [0.2, 0.25) is 0 Å². The number of Topliss-reactive ketones (excluding diaryl/α,β-unsaturated/α-hetero) is 1. The smallest absolute Gasteiger partial charge is 0.378 e. The first-order chi connectivity index (χ1) is 15.0. The van der Waals surface area contributed by atoms with Crippen LogP contribution in [0.15, 0.2) is 48.5 Å². The highest BCUT2D eigenvalue weighted by atomic mass is 19.4. The number of aromatic nitrogens is 2. The van der Waals surface area contributed by atoms with Gasteiger partial charge in [-0.25, -0.2) is 4.68 Å². The summed E-state index contributed by atoms with van der Waals surface area (Å²) in [7, 11) is 3.83. The topological polar surface area (TPSA) is 67.2 Å². The first kappa shape index (κ1) is 23.1. The lowest BCUT2D eigenvalue weighted by molar-refractivity contribution is -0.137. The van der Waals surface area contributed by atoms with Crippen molar-refractivity contribution in [3.8, 4) is 5.69 Å². The van der Waals surface area contributed by atoms with Crippen LogP contribution in [0.2, 0.25) is 0 Å². The summed E-state index contributed by atoms with van der Waals surface area (Å²) in [6.45, 7) is 3.25. The average molecular weight is 444 g/mol. The summed E-state index contributed by atoms with van der Waals surface area (Å²) in [5.74, 6) is -1.60. The van der Waals surface area contributed by atoms with E-state index in [1.54, 1.807) is 6.92 Å². The molecule has 0 radical (unpaired) electrons. The number of nitrogens with one attached hydrogen (secondary N) is 1. The van der Waals surface area contributed by atoms with Gasteiger partial charge in [-0.3, -0.25) is 9.59 Å². The van der Waals surface area contributed by atoms with E-state index in [0.717, 1.165) is 23.4 Å². The zero-order chi connectivity index (χ0) is 23.6. The van der Waals surface area contributed by atoms with Gasteiger partial charge in [0.25, 0.3) is 11.7 Å². The molecule has 2 aromatic carbocycles. The highest BCUT2D eigenvalue weighted by Crippen LogP contribution is 2.31. The summed E-state index contributed by atoms with van der Waals surface area (Å²) >= 11 is 0. The second kappa shape index (κ2) is 8.86. The minimum atomic E-state index is -4.50. The Labute approximate surface area is 183 Å². The van der Waals surface area contributed by atoms with E-state index in [9.17, 15) is 22.8 Å². The third-order valence-corrected chi connectivity index (χ3v) is 5.05. The lowest BCUT2D eigenvalue weighted by atomic mass is 10.1. The van der Waals surface area contributed by atoms with Crippen molar-refractivity contribution >= 4 is 17.4 Å². The maximum atomic E-state index is 13.0. The number of aryl methyl sites for hydroxylation is 1. The molecule has 0 spiro atoms. The maximum Gasteiger partial charge on any atom is 0.416 e. The second-order valence-electron chi connectivity index (χ2n) is 7.58. The van der Waals surface area contributed by atoms with Crippen LogP contribution in [0.4, 0.5) is 18.9 Å². The number of carbonyl (C=O) groups excluding carboxylic acids is 2. The zero-order valence-corrected chi connectivity index (χ0v) is 18.1. The van der Waals surface area contributed by atoms with Crippen molar-refractivity contribution in [1.82, 2.24) is 15.1 Å². The highest BCUT2D eigenvalue weighted by molar-refractivity contribution is 6.43. The molecule has 3 rings (SSSR count). The predicted molar refractivity (Wildman–Crippen MR) is 115 cm³/mol. The van der Waals surface area contributed by atoms with Gasteiger partial charge in [0, 0.05) is 26.3 Å². The molecule has 1 amide bonds. The van der Waals surface area contributed by atoms with Crippen LogP contribution in [-0.4, -0.2) is 35.6 Å². The van der Waals surface area contributed by atoms with Gasteiger partial charge in [0.1, 0.15) is 0 Å². The lowest BCUT2D eigenvalue weighted by Crippen LogP contribution is -2.31. The monoisotopic (exact) mass is 444 g/mol. The third-order valence-electron chi connectivity index (χ3n) is 5.05. The van der Waals surface area contributed by atoms with E-state index in [-0.39, 0.29) is 29.2 Å². The molecule has 32 heavy (non-hydrogen) atoms. The molecule has 0 aliphatic heterocycles. The summed E-state index contributed by atoms with van der Waals surface area (Å²) in [6.07, 6.45) is -4.50. The van der Waals surface area contributed by atoms with Gasteiger partial charge < -0.3 is 10.2 Å². The van der Waals surface area contributed by atoms with Crippen molar-refractivity contribution < 1.29 is 22.8 Å². The van der Waals surface area contributed by atoms with E-state index in [1.807, 2.05) is 43.3 Å². The van der Waals surface area contributed by atoms with E-state index in [2.05, 4.69) is 10.4 Å². The Morgan fingerprint density at radius 2 is 1.72 bits per heavy atom. The quantitative estimate of drug-likeness (QED) is 0.460. The van der Waals surface area contributed by atoms with E-state index in [4.69, 9.17) is 0 Å². The first-order valence-electron chi connectivity index (χ1n) is 9.81. The van der Waals surface area contributed by atoms with Crippen molar-refractivity contribution in [3.63, 3.8) is 0 Å². The summed E-state index contributed by atoms with van der Waals surface area (Å²) in [5.41, 5.74) is 1.78. The number of carbonyl (C=O) groups is 2. The molecule has 0 aliphatic carbocycles. The van der Waals surface area contributed by atoms with Gasteiger partial charge in [-0.15, -0.1) is 0 Å². The molecular weight excluding hydrogens is 421 g/mol. The Morgan fingerprint density at radius 1 is 1.06 bits per heavy atom. The molecule has 1 N–H and O–H groups in total. The lowest BCUT2D eigenvalue weighted by Gasteiger charge is -2.13. The Balaban J connectivity index is 1.79. The summed E-state index contributed by atoms with van der Waals surface area (Å²) in [5, 5.41) is 6.79. The number of benzene rings is 2. The van der Waals surface area contributed by atoms with Gasteiger partial charge in [0.05, 0.1) is 28.2 Å². The van der Waals surface area contributed by atoms with Crippen LogP contribution < -0.4 is 10.2 Å². The van der Waals surface area contributed by atoms with Gasteiger partial charge in [0.15, 0.2) is 0 Å². The van der Waals surface area contributed by atoms with Crippen LogP contribution >= 0.6 is 0 Å². The number of halogens is 3. The molecule has 1 heterocycles. The van der Waals surface area contributed by atoms with Gasteiger partial charge in [-0.1, -0.05) is 18.2 Å². The Hall–Kier alpha value is -3.62. The Kier molecular flexibility index (Phi) is 6.38. The number of amides is 1. The number of nitrogens with zero attached hydrogens (tertiary/aromatic N) is 3. The van der Waals surface area contributed by atoms with Gasteiger partial charge in [-0.2, -0.15) is 18.3 Å².